The fourth-order valence-electron chi connectivity index (χ4n) is 2.06. The number of thiazole rings is 1. The molecule has 0 atom stereocenters. The van der Waals surface area contributed by atoms with Crippen molar-refractivity contribution in [2.75, 3.05) is 24.1 Å². The number of rotatable bonds is 7. The van der Waals surface area contributed by atoms with E-state index in [1.807, 2.05) is 4.90 Å². The van der Waals surface area contributed by atoms with E-state index < -0.39 is 0 Å². The van der Waals surface area contributed by atoms with Gasteiger partial charge in [0.2, 0.25) is 0 Å². The topological polar surface area (TPSA) is 71.2 Å². The molecule has 1 heterocycles. The number of hydrogen-bond acceptors (Lipinski definition) is 5. The fraction of sp³-hybridized carbons (Fsp3) is 0.714. The molecule has 1 aromatic heterocycles. The number of aromatic nitrogens is 1. The Balaban J connectivity index is 2.08. The minimum Gasteiger partial charge on any atom is -0.382 e. The number of amides is 1. The fourth-order valence-corrected chi connectivity index (χ4v) is 2.91. The minimum absolute atomic E-state index is 0.0435. The SMILES string of the molecule is CCCN(C(=O)c1sc(NCC(C)C)nc1N)C1CC1. The first-order valence-corrected chi connectivity index (χ1v) is 8.15. The second-order valence-electron chi connectivity index (χ2n) is 5.74. The van der Waals surface area contributed by atoms with Crippen LogP contribution in [0.5, 0.6) is 0 Å². The molecule has 1 aromatic rings. The van der Waals surface area contributed by atoms with Gasteiger partial charge in [-0.25, -0.2) is 4.98 Å². The maximum absolute atomic E-state index is 12.6. The Kier molecular flexibility index (Phi) is 4.86. The lowest BCUT2D eigenvalue weighted by Crippen LogP contribution is -2.33. The quantitative estimate of drug-likeness (QED) is 0.811. The number of hydrogen-bond donors (Lipinski definition) is 2. The predicted molar refractivity (Wildman–Crippen MR) is 84.2 cm³/mol. The average molecular weight is 296 g/mol. The van der Waals surface area contributed by atoms with Crippen molar-refractivity contribution >= 4 is 28.2 Å². The second-order valence-corrected chi connectivity index (χ2v) is 6.74. The Labute approximate surface area is 124 Å². The summed E-state index contributed by atoms with van der Waals surface area (Å²) in [5.41, 5.74) is 5.91. The van der Waals surface area contributed by atoms with Crippen molar-refractivity contribution in [3.63, 3.8) is 0 Å². The predicted octanol–water partition coefficient (Wildman–Crippen LogP) is 2.81. The van der Waals surface area contributed by atoms with E-state index in [0.717, 1.165) is 37.5 Å². The number of carbonyl (C=O) groups excluding carboxylic acids is 1. The van der Waals surface area contributed by atoms with Gasteiger partial charge in [-0.1, -0.05) is 32.1 Å². The highest BCUT2D eigenvalue weighted by Crippen LogP contribution is 2.32. The average Bonchev–Trinajstić information content (AvgIpc) is 3.16. The molecule has 1 fully saturated rings. The second kappa shape index (κ2) is 6.43. The van der Waals surface area contributed by atoms with Gasteiger partial charge in [0.15, 0.2) is 5.13 Å². The van der Waals surface area contributed by atoms with Gasteiger partial charge in [0, 0.05) is 19.1 Å². The van der Waals surface area contributed by atoms with E-state index >= 15 is 0 Å². The lowest BCUT2D eigenvalue weighted by molar-refractivity contribution is 0.0749. The van der Waals surface area contributed by atoms with Crippen LogP contribution in [0.1, 0.15) is 49.7 Å². The summed E-state index contributed by atoms with van der Waals surface area (Å²) in [6.45, 7) is 7.99. The van der Waals surface area contributed by atoms with Crippen LogP contribution in [0.15, 0.2) is 0 Å². The molecule has 0 aromatic carbocycles. The molecule has 20 heavy (non-hydrogen) atoms. The molecule has 0 radical (unpaired) electrons. The molecule has 3 N–H and O–H groups in total. The molecule has 0 unspecified atom stereocenters. The molecular formula is C14H24N4OS. The molecule has 5 nitrogen and oxygen atoms in total. The summed E-state index contributed by atoms with van der Waals surface area (Å²) >= 11 is 1.37. The molecule has 0 saturated heterocycles. The monoisotopic (exact) mass is 296 g/mol. The van der Waals surface area contributed by atoms with Crippen LogP contribution >= 0.6 is 11.3 Å². The van der Waals surface area contributed by atoms with Crippen LogP contribution in [0.25, 0.3) is 0 Å². The summed E-state index contributed by atoms with van der Waals surface area (Å²) in [4.78, 5) is 19.4. The molecule has 2 rings (SSSR count). The molecule has 1 aliphatic carbocycles. The van der Waals surface area contributed by atoms with Crippen LogP contribution in [0.2, 0.25) is 0 Å². The molecule has 1 aliphatic rings. The molecule has 1 amide bonds. The molecular weight excluding hydrogens is 272 g/mol. The zero-order valence-electron chi connectivity index (χ0n) is 12.5. The summed E-state index contributed by atoms with van der Waals surface area (Å²) in [7, 11) is 0. The smallest absolute Gasteiger partial charge is 0.268 e. The van der Waals surface area contributed by atoms with Gasteiger partial charge < -0.3 is 16.0 Å². The molecule has 0 spiro atoms. The van der Waals surface area contributed by atoms with Gasteiger partial charge in [0.25, 0.3) is 5.91 Å². The van der Waals surface area contributed by atoms with Crippen LogP contribution in [0.4, 0.5) is 10.9 Å². The molecule has 0 aliphatic heterocycles. The van der Waals surface area contributed by atoms with Crippen LogP contribution in [-0.4, -0.2) is 34.9 Å². The number of nitrogens with one attached hydrogen (secondary N) is 1. The summed E-state index contributed by atoms with van der Waals surface area (Å²) in [5.74, 6) is 0.928. The van der Waals surface area contributed by atoms with Crippen molar-refractivity contribution in [2.24, 2.45) is 5.92 Å². The van der Waals surface area contributed by atoms with E-state index in [0.29, 0.717) is 22.7 Å². The van der Waals surface area contributed by atoms with Gasteiger partial charge in [-0.05, 0) is 25.2 Å². The highest BCUT2D eigenvalue weighted by atomic mass is 32.1. The van der Waals surface area contributed by atoms with E-state index in [2.05, 4.69) is 31.1 Å². The first kappa shape index (κ1) is 15.1. The standard InChI is InChI=1S/C14H24N4OS/c1-4-7-18(10-5-6-10)13(19)11-12(15)17-14(20-11)16-8-9(2)3/h9-10H,4-8,15H2,1-3H3,(H,16,17). The summed E-state index contributed by atoms with van der Waals surface area (Å²) < 4.78 is 0. The molecule has 0 bridgehead atoms. The van der Waals surface area contributed by atoms with Gasteiger partial charge >= 0.3 is 0 Å². The van der Waals surface area contributed by atoms with Crippen LogP contribution in [-0.2, 0) is 0 Å². The molecule has 1 saturated carbocycles. The van der Waals surface area contributed by atoms with Crippen LogP contribution in [0.3, 0.4) is 0 Å². The van der Waals surface area contributed by atoms with Gasteiger partial charge in [-0.15, -0.1) is 0 Å². The molecule has 6 heteroatoms. The normalized spacial score (nSPS) is 14.6. The van der Waals surface area contributed by atoms with Crippen LogP contribution in [0, 0.1) is 5.92 Å². The maximum atomic E-state index is 12.6. The summed E-state index contributed by atoms with van der Waals surface area (Å²) in [5, 5.41) is 3.98. The van der Waals surface area contributed by atoms with Gasteiger partial charge in [0.05, 0.1) is 0 Å². The van der Waals surface area contributed by atoms with E-state index in [-0.39, 0.29) is 5.91 Å². The zero-order chi connectivity index (χ0) is 14.7. The van der Waals surface area contributed by atoms with Crippen molar-refractivity contribution in [1.82, 2.24) is 9.88 Å². The lowest BCUT2D eigenvalue weighted by Gasteiger charge is -2.20. The first-order chi connectivity index (χ1) is 9.52. The Morgan fingerprint density at radius 3 is 2.80 bits per heavy atom. The van der Waals surface area contributed by atoms with E-state index in [9.17, 15) is 4.79 Å². The third-order valence-corrected chi connectivity index (χ3v) is 4.24. The van der Waals surface area contributed by atoms with Crippen molar-refractivity contribution in [3.05, 3.63) is 4.88 Å². The largest absolute Gasteiger partial charge is 0.382 e. The van der Waals surface area contributed by atoms with Gasteiger partial charge in [-0.3, -0.25) is 4.79 Å². The van der Waals surface area contributed by atoms with Crippen molar-refractivity contribution in [3.8, 4) is 0 Å². The van der Waals surface area contributed by atoms with Crippen molar-refractivity contribution in [2.45, 2.75) is 46.1 Å². The Hall–Kier alpha value is -1.30. The highest BCUT2D eigenvalue weighted by molar-refractivity contribution is 7.18. The van der Waals surface area contributed by atoms with Gasteiger partial charge in [-0.2, -0.15) is 0 Å². The highest BCUT2D eigenvalue weighted by Gasteiger charge is 2.34. The third kappa shape index (κ3) is 3.62. The number of nitrogen functional groups attached to an aromatic ring is 1. The van der Waals surface area contributed by atoms with Crippen molar-refractivity contribution < 1.29 is 4.79 Å². The first-order valence-electron chi connectivity index (χ1n) is 7.34. The summed E-state index contributed by atoms with van der Waals surface area (Å²) in [6, 6.07) is 0.413. The van der Waals surface area contributed by atoms with Crippen LogP contribution < -0.4 is 11.1 Å². The van der Waals surface area contributed by atoms with E-state index in [1.165, 1.54) is 11.3 Å². The Morgan fingerprint density at radius 1 is 1.55 bits per heavy atom. The Bertz CT molecular complexity index is 468. The zero-order valence-corrected chi connectivity index (χ0v) is 13.3. The lowest BCUT2D eigenvalue weighted by atomic mass is 10.2. The third-order valence-electron chi connectivity index (χ3n) is 3.22. The van der Waals surface area contributed by atoms with E-state index in [4.69, 9.17) is 5.73 Å². The maximum Gasteiger partial charge on any atom is 0.268 e. The Morgan fingerprint density at radius 2 is 2.25 bits per heavy atom. The van der Waals surface area contributed by atoms with Gasteiger partial charge in [0.1, 0.15) is 10.7 Å². The number of anilines is 2. The van der Waals surface area contributed by atoms with Crippen molar-refractivity contribution in [1.29, 1.82) is 0 Å². The van der Waals surface area contributed by atoms with E-state index in [1.54, 1.807) is 0 Å². The number of nitrogens with zero attached hydrogens (tertiary/aromatic N) is 2. The summed E-state index contributed by atoms with van der Waals surface area (Å²) in [6.07, 6.45) is 3.20. The number of nitrogens with two attached hydrogens (primary N) is 1. The molecule has 112 valence electrons. The minimum atomic E-state index is 0.0435. The number of carbonyl (C=O) groups is 1.